The molecule has 0 aliphatic carbocycles. The van der Waals surface area contributed by atoms with E-state index in [0.717, 1.165) is 34.1 Å². The van der Waals surface area contributed by atoms with Crippen molar-refractivity contribution in [3.05, 3.63) is 241 Å². The van der Waals surface area contributed by atoms with Crippen molar-refractivity contribution in [2.45, 2.75) is 27.7 Å². The van der Waals surface area contributed by atoms with Gasteiger partial charge in [-0.15, -0.1) is 0 Å². The molecule has 11 aromatic carbocycles. The summed E-state index contributed by atoms with van der Waals surface area (Å²) in [7, 11) is 0. The van der Waals surface area contributed by atoms with Crippen molar-refractivity contribution in [2.24, 2.45) is 0 Å². The van der Waals surface area contributed by atoms with Crippen molar-refractivity contribution in [2.75, 3.05) is 9.80 Å². The molecule has 0 aliphatic heterocycles. The standard InChI is InChI=1S/C62H48N2/c1-41-33-42(2)36-47(35-41)61-55-31-29-52(64(50-23-9-6-10-24-50)60-28-16-20-46-18-12-14-26-54(46)60)40-58(55)62(48-37-43(3)34-44(4)38-48)56-32-30-51(39-57(56)61)63(49-21-7-5-8-22-49)59-27-15-19-45-17-11-13-25-53(45)59/h5-40H,1-4H3. The molecule has 11 rings (SSSR count). The quantitative estimate of drug-likeness (QED) is 0.141. The summed E-state index contributed by atoms with van der Waals surface area (Å²) in [5, 5.41) is 9.71. The molecule has 0 unspecified atom stereocenters. The first-order chi connectivity index (χ1) is 31.4. The van der Waals surface area contributed by atoms with Gasteiger partial charge in [0.2, 0.25) is 0 Å². The van der Waals surface area contributed by atoms with Gasteiger partial charge in [0.25, 0.3) is 0 Å². The number of nitrogens with zero attached hydrogens (tertiary/aromatic N) is 2. The minimum absolute atomic E-state index is 1.11. The first-order valence-corrected chi connectivity index (χ1v) is 22.2. The summed E-state index contributed by atoms with van der Waals surface area (Å²) < 4.78 is 0. The van der Waals surface area contributed by atoms with E-state index in [2.05, 4.69) is 256 Å². The molecule has 0 aromatic heterocycles. The highest BCUT2D eigenvalue weighted by Crippen LogP contribution is 2.49. The maximum atomic E-state index is 2.45. The number of hydrogen-bond donors (Lipinski definition) is 0. The summed E-state index contributed by atoms with van der Waals surface area (Å²) in [4.78, 5) is 4.86. The zero-order valence-electron chi connectivity index (χ0n) is 36.7. The van der Waals surface area contributed by atoms with Crippen molar-refractivity contribution >= 4 is 77.2 Å². The molecule has 0 aliphatic rings. The molecule has 2 nitrogen and oxygen atoms in total. The average Bonchev–Trinajstić information content (AvgIpc) is 3.31. The van der Waals surface area contributed by atoms with Crippen LogP contribution in [0.2, 0.25) is 0 Å². The normalized spacial score (nSPS) is 11.4. The summed E-state index contributed by atoms with van der Waals surface area (Å²) in [6.07, 6.45) is 0. The average molecular weight is 821 g/mol. The second-order valence-corrected chi connectivity index (χ2v) is 17.3. The Balaban J connectivity index is 1.26. The van der Waals surface area contributed by atoms with E-state index in [1.165, 1.54) is 87.6 Å². The maximum absolute atomic E-state index is 2.45. The van der Waals surface area contributed by atoms with Crippen molar-refractivity contribution in [3.8, 4) is 22.3 Å². The van der Waals surface area contributed by atoms with E-state index < -0.39 is 0 Å². The maximum Gasteiger partial charge on any atom is 0.0540 e. The lowest BCUT2D eigenvalue weighted by Gasteiger charge is -2.29. The topological polar surface area (TPSA) is 6.48 Å². The Kier molecular flexibility index (Phi) is 9.78. The summed E-state index contributed by atoms with van der Waals surface area (Å²) in [5.74, 6) is 0. The van der Waals surface area contributed by atoms with Crippen LogP contribution in [0.25, 0.3) is 65.3 Å². The molecule has 0 bridgehead atoms. The fourth-order valence-electron chi connectivity index (χ4n) is 10.2. The van der Waals surface area contributed by atoms with Crippen LogP contribution in [0.3, 0.4) is 0 Å². The van der Waals surface area contributed by atoms with Crippen LogP contribution in [0.5, 0.6) is 0 Å². The number of benzene rings is 11. The molecular formula is C62H48N2. The van der Waals surface area contributed by atoms with E-state index in [0.29, 0.717) is 0 Å². The Hall–Kier alpha value is -7.94. The number of aryl methyl sites for hydroxylation is 4. The van der Waals surface area contributed by atoms with Crippen molar-refractivity contribution in [3.63, 3.8) is 0 Å². The molecule has 2 heteroatoms. The van der Waals surface area contributed by atoms with Crippen LogP contribution in [-0.4, -0.2) is 0 Å². The van der Waals surface area contributed by atoms with Gasteiger partial charge in [-0.05, 0) is 143 Å². The predicted molar refractivity (Wildman–Crippen MR) is 276 cm³/mol. The van der Waals surface area contributed by atoms with Crippen molar-refractivity contribution in [1.82, 2.24) is 0 Å². The van der Waals surface area contributed by atoms with Gasteiger partial charge in [-0.2, -0.15) is 0 Å². The summed E-state index contributed by atoms with van der Waals surface area (Å²) in [6.45, 7) is 8.86. The SMILES string of the molecule is Cc1cc(C)cc(-c2c3ccc(N(c4ccccc4)c4cccc5ccccc45)cc3c(-c3cc(C)cc(C)c3)c3ccc(N(c4ccccc4)c4cccc5ccccc45)cc23)c1. The van der Waals surface area contributed by atoms with Gasteiger partial charge in [-0.25, -0.2) is 0 Å². The van der Waals surface area contributed by atoms with Gasteiger partial charge in [-0.3, -0.25) is 0 Å². The van der Waals surface area contributed by atoms with Crippen molar-refractivity contribution in [1.29, 1.82) is 0 Å². The lowest BCUT2D eigenvalue weighted by Crippen LogP contribution is -2.11. The molecule has 0 fully saturated rings. The summed E-state index contributed by atoms with van der Waals surface area (Å²) >= 11 is 0. The Bertz CT molecular complexity index is 3260. The largest absolute Gasteiger partial charge is 0.310 e. The third kappa shape index (κ3) is 6.94. The smallest absolute Gasteiger partial charge is 0.0540 e. The molecule has 0 saturated heterocycles. The zero-order valence-corrected chi connectivity index (χ0v) is 36.7. The second kappa shape index (κ2) is 16.1. The first-order valence-electron chi connectivity index (χ1n) is 22.2. The predicted octanol–water partition coefficient (Wildman–Crippen LogP) is 17.8. The molecule has 0 amide bonds. The Morgan fingerprint density at radius 3 is 1.02 bits per heavy atom. The van der Waals surface area contributed by atoms with E-state index in [1.54, 1.807) is 0 Å². The third-order valence-electron chi connectivity index (χ3n) is 12.7. The molecule has 0 radical (unpaired) electrons. The van der Waals surface area contributed by atoms with Gasteiger partial charge < -0.3 is 9.80 Å². The number of para-hydroxylation sites is 2. The molecule has 306 valence electrons. The fraction of sp³-hybridized carbons (Fsp3) is 0.0645. The molecule has 64 heavy (non-hydrogen) atoms. The van der Waals surface area contributed by atoms with Gasteiger partial charge >= 0.3 is 0 Å². The fourth-order valence-corrected chi connectivity index (χ4v) is 10.2. The second-order valence-electron chi connectivity index (χ2n) is 17.3. The minimum atomic E-state index is 1.11. The Labute approximate surface area is 375 Å². The lowest BCUT2D eigenvalue weighted by molar-refractivity contribution is 1.30. The van der Waals surface area contributed by atoms with Gasteiger partial charge in [0.1, 0.15) is 0 Å². The molecule has 11 aromatic rings. The minimum Gasteiger partial charge on any atom is -0.310 e. The zero-order chi connectivity index (χ0) is 43.3. The van der Waals surface area contributed by atoms with E-state index >= 15 is 0 Å². The van der Waals surface area contributed by atoms with Crippen LogP contribution >= 0.6 is 0 Å². The molecule has 0 heterocycles. The van der Waals surface area contributed by atoms with Crippen LogP contribution < -0.4 is 9.80 Å². The number of hydrogen-bond acceptors (Lipinski definition) is 2. The van der Waals surface area contributed by atoms with E-state index in [9.17, 15) is 0 Å². The highest BCUT2D eigenvalue weighted by atomic mass is 15.1. The van der Waals surface area contributed by atoms with Crippen LogP contribution in [0.4, 0.5) is 34.1 Å². The van der Waals surface area contributed by atoms with Crippen LogP contribution in [-0.2, 0) is 0 Å². The highest BCUT2D eigenvalue weighted by molar-refractivity contribution is 6.23. The Morgan fingerprint density at radius 2 is 0.609 bits per heavy atom. The summed E-state index contributed by atoms with van der Waals surface area (Å²) in [6, 6.07) is 80.6. The van der Waals surface area contributed by atoms with Gasteiger partial charge in [0.05, 0.1) is 11.4 Å². The molecular weight excluding hydrogens is 773 g/mol. The van der Waals surface area contributed by atoms with Crippen LogP contribution in [0.1, 0.15) is 22.3 Å². The number of rotatable bonds is 8. The molecule has 0 saturated carbocycles. The lowest BCUT2D eigenvalue weighted by atomic mass is 9.84. The first kappa shape index (κ1) is 38.9. The molecule has 0 atom stereocenters. The van der Waals surface area contributed by atoms with Gasteiger partial charge in [-0.1, -0.05) is 180 Å². The monoisotopic (exact) mass is 820 g/mol. The third-order valence-corrected chi connectivity index (χ3v) is 12.7. The number of anilines is 6. The van der Waals surface area contributed by atoms with Crippen LogP contribution in [0.15, 0.2) is 218 Å². The molecule has 0 spiro atoms. The Morgan fingerprint density at radius 1 is 0.250 bits per heavy atom. The summed E-state index contributed by atoms with van der Waals surface area (Å²) in [5.41, 5.74) is 16.6. The van der Waals surface area contributed by atoms with Gasteiger partial charge in [0.15, 0.2) is 0 Å². The van der Waals surface area contributed by atoms with Gasteiger partial charge in [0, 0.05) is 33.5 Å². The van der Waals surface area contributed by atoms with Crippen LogP contribution in [0, 0.1) is 27.7 Å². The van der Waals surface area contributed by atoms with E-state index in [-0.39, 0.29) is 0 Å². The number of fused-ring (bicyclic) bond motifs is 4. The highest BCUT2D eigenvalue weighted by Gasteiger charge is 2.23. The molecule has 0 N–H and O–H groups in total. The van der Waals surface area contributed by atoms with E-state index in [1.807, 2.05) is 0 Å². The van der Waals surface area contributed by atoms with Crippen molar-refractivity contribution < 1.29 is 0 Å². The van der Waals surface area contributed by atoms with E-state index in [4.69, 9.17) is 0 Å².